The van der Waals surface area contributed by atoms with E-state index in [0.29, 0.717) is 12.2 Å². The molecular formula is C17H21NOS. The van der Waals surface area contributed by atoms with Gasteiger partial charge in [-0.2, -0.15) is 0 Å². The van der Waals surface area contributed by atoms with E-state index in [1.165, 1.54) is 16.1 Å². The molecule has 0 unspecified atom stereocenters. The molecule has 1 heterocycles. The normalized spacial score (nSPS) is 20.9. The van der Waals surface area contributed by atoms with Crippen molar-refractivity contribution in [3.05, 3.63) is 35.5 Å². The molecule has 3 heteroatoms. The van der Waals surface area contributed by atoms with Crippen molar-refractivity contribution < 1.29 is 4.79 Å². The van der Waals surface area contributed by atoms with Crippen molar-refractivity contribution in [2.45, 2.75) is 49.7 Å². The van der Waals surface area contributed by atoms with Crippen LogP contribution in [0.4, 0.5) is 5.69 Å². The van der Waals surface area contributed by atoms with Crippen LogP contribution in [0.25, 0.3) is 0 Å². The zero-order valence-electron chi connectivity index (χ0n) is 12.4. The van der Waals surface area contributed by atoms with Crippen LogP contribution in [-0.2, 0) is 11.2 Å². The van der Waals surface area contributed by atoms with Crippen molar-refractivity contribution >= 4 is 23.2 Å². The van der Waals surface area contributed by atoms with Gasteiger partial charge in [-0.15, -0.1) is 11.8 Å². The van der Waals surface area contributed by atoms with Crippen LogP contribution in [0.3, 0.4) is 0 Å². The Morgan fingerprint density at radius 2 is 2.15 bits per heavy atom. The first-order chi connectivity index (χ1) is 9.50. The average Bonchev–Trinajstić information content (AvgIpc) is 2.82. The smallest absolute Gasteiger partial charge is 0.179 e. The minimum Gasteiger partial charge on any atom is -0.337 e. The van der Waals surface area contributed by atoms with Crippen molar-refractivity contribution in [2.75, 3.05) is 11.4 Å². The number of aryl methyl sites for hydroxylation is 1. The molecule has 0 radical (unpaired) electrons. The zero-order chi connectivity index (χ0) is 14.3. The molecule has 2 aliphatic rings. The van der Waals surface area contributed by atoms with Gasteiger partial charge in [0.05, 0.1) is 11.4 Å². The second-order valence-electron chi connectivity index (χ2n) is 6.15. The lowest BCUT2D eigenvalue weighted by Crippen LogP contribution is -2.40. The van der Waals surface area contributed by atoms with Crippen LogP contribution in [0.5, 0.6) is 0 Å². The fourth-order valence-electron chi connectivity index (χ4n) is 2.93. The van der Waals surface area contributed by atoms with Gasteiger partial charge in [-0.25, -0.2) is 0 Å². The third-order valence-electron chi connectivity index (χ3n) is 3.93. The van der Waals surface area contributed by atoms with Crippen LogP contribution in [0, 0.1) is 0 Å². The Morgan fingerprint density at radius 3 is 2.80 bits per heavy atom. The van der Waals surface area contributed by atoms with Gasteiger partial charge in [0, 0.05) is 22.6 Å². The Labute approximate surface area is 125 Å². The molecule has 0 atom stereocenters. The monoisotopic (exact) mass is 287 g/mol. The average molecular weight is 287 g/mol. The summed E-state index contributed by atoms with van der Waals surface area (Å²) in [6, 6.07) is 6.67. The Bertz CT molecular complexity index is 589. The Hall–Kier alpha value is -1.22. The molecule has 1 aliphatic carbocycles. The summed E-state index contributed by atoms with van der Waals surface area (Å²) in [4.78, 5) is 15.7. The molecule has 106 valence electrons. The van der Waals surface area contributed by atoms with Crippen molar-refractivity contribution in [3.8, 4) is 0 Å². The quantitative estimate of drug-likeness (QED) is 0.813. The standard InChI is InChI=1S/C17H21NOS/c1-4-12-8-9-16-14(10-12)18(11-17(2,3)20-16)13-6-5-7-15(13)19/h6,8-10H,4-5,7,11H2,1-3H3. The topological polar surface area (TPSA) is 20.3 Å². The zero-order valence-corrected chi connectivity index (χ0v) is 13.2. The third kappa shape index (κ3) is 2.39. The summed E-state index contributed by atoms with van der Waals surface area (Å²) in [5, 5.41) is 0. The molecule has 0 aromatic heterocycles. The SMILES string of the molecule is CCc1ccc2c(c1)N(C1=CCCC1=O)CC(C)(C)S2. The number of nitrogens with zero attached hydrogens (tertiary/aromatic N) is 1. The third-order valence-corrected chi connectivity index (χ3v) is 5.18. The van der Waals surface area contributed by atoms with Crippen molar-refractivity contribution in [1.82, 2.24) is 0 Å². The molecule has 0 N–H and O–H groups in total. The number of hydrogen-bond donors (Lipinski definition) is 0. The molecule has 3 rings (SSSR count). The van der Waals surface area contributed by atoms with E-state index in [1.807, 2.05) is 11.8 Å². The summed E-state index contributed by atoms with van der Waals surface area (Å²) in [5.74, 6) is 0.292. The molecule has 2 nitrogen and oxygen atoms in total. The van der Waals surface area contributed by atoms with Crippen LogP contribution in [0.15, 0.2) is 34.9 Å². The molecule has 0 saturated heterocycles. The fraction of sp³-hybridized carbons (Fsp3) is 0.471. The minimum atomic E-state index is 0.129. The molecular weight excluding hydrogens is 266 g/mol. The van der Waals surface area contributed by atoms with Gasteiger partial charge in [-0.05, 0) is 44.4 Å². The largest absolute Gasteiger partial charge is 0.337 e. The summed E-state index contributed by atoms with van der Waals surface area (Å²) in [6.45, 7) is 7.57. The number of carbonyl (C=O) groups is 1. The molecule has 20 heavy (non-hydrogen) atoms. The van der Waals surface area contributed by atoms with Gasteiger partial charge < -0.3 is 4.90 Å². The summed E-state index contributed by atoms with van der Waals surface area (Å²) in [5.41, 5.74) is 3.46. The number of ketones is 1. The highest BCUT2D eigenvalue weighted by atomic mass is 32.2. The number of allylic oxidation sites excluding steroid dienone is 2. The Morgan fingerprint density at radius 1 is 1.35 bits per heavy atom. The van der Waals surface area contributed by atoms with E-state index in [-0.39, 0.29) is 4.75 Å². The van der Waals surface area contributed by atoms with E-state index >= 15 is 0 Å². The number of benzene rings is 1. The number of anilines is 1. The minimum absolute atomic E-state index is 0.129. The van der Waals surface area contributed by atoms with Gasteiger partial charge in [-0.1, -0.05) is 19.1 Å². The van der Waals surface area contributed by atoms with E-state index in [0.717, 1.165) is 25.1 Å². The lowest BCUT2D eigenvalue weighted by atomic mass is 10.1. The summed E-state index contributed by atoms with van der Waals surface area (Å²) >= 11 is 1.92. The molecule has 0 bridgehead atoms. The number of thioether (sulfide) groups is 1. The fourth-order valence-corrected chi connectivity index (χ4v) is 4.13. The van der Waals surface area contributed by atoms with Gasteiger partial charge in [0.15, 0.2) is 5.78 Å². The molecule has 1 aromatic rings. The van der Waals surface area contributed by atoms with E-state index in [9.17, 15) is 4.79 Å². The molecule has 1 aromatic carbocycles. The lowest BCUT2D eigenvalue weighted by molar-refractivity contribution is -0.115. The maximum absolute atomic E-state index is 12.1. The van der Waals surface area contributed by atoms with Crippen molar-refractivity contribution in [2.24, 2.45) is 0 Å². The summed E-state index contributed by atoms with van der Waals surface area (Å²) in [6.07, 6.45) is 4.70. The molecule has 0 amide bonds. The van der Waals surface area contributed by atoms with Gasteiger partial charge >= 0.3 is 0 Å². The predicted molar refractivity (Wildman–Crippen MR) is 85.4 cm³/mol. The Balaban J connectivity index is 2.08. The summed E-state index contributed by atoms with van der Waals surface area (Å²) in [7, 11) is 0. The number of fused-ring (bicyclic) bond motifs is 1. The first-order valence-electron chi connectivity index (χ1n) is 7.33. The highest BCUT2D eigenvalue weighted by Crippen LogP contribution is 2.46. The first-order valence-corrected chi connectivity index (χ1v) is 8.15. The molecule has 0 saturated carbocycles. The molecule has 1 aliphatic heterocycles. The van der Waals surface area contributed by atoms with Gasteiger partial charge in [0.2, 0.25) is 0 Å². The number of Topliss-reactive ketones (excluding diaryl/α,β-unsaturated/α-hetero) is 1. The number of carbonyl (C=O) groups excluding carboxylic acids is 1. The van der Waals surface area contributed by atoms with Crippen molar-refractivity contribution in [3.63, 3.8) is 0 Å². The second-order valence-corrected chi connectivity index (χ2v) is 7.90. The molecule has 0 fully saturated rings. The van der Waals surface area contributed by atoms with Crippen LogP contribution < -0.4 is 4.90 Å². The van der Waals surface area contributed by atoms with Crippen molar-refractivity contribution in [1.29, 1.82) is 0 Å². The van der Waals surface area contributed by atoms with Crippen LogP contribution in [0.1, 0.15) is 39.2 Å². The van der Waals surface area contributed by atoms with E-state index in [1.54, 1.807) is 0 Å². The second kappa shape index (κ2) is 4.96. The maximum atomic E-state index is 12.1. The van der Waals surface area contributed by atoms with Crippen LogP contribution >= 0.6 is 11.8 Å². The Kier molecular flexibility index (Phi) is 3.41. The number of hydrogen-bond acceptors (Lipinski definition) is 3. The maximum Gasteiger partial charge on any atom is 0.179 e. The van der Waals surface area contributed by atoms with Gasteiger partial charge in [0.1, 0.15) is 0 Å². The molecule has 0 spiro atoms. The van der Waals surface area contributed by atoms with E-state index in [4.69, 9.17) is 0 Å². The first kappa shape index (κ1) is 13.7. The highest BCUT2D eigenvalue weighted by molar-refractivity contribution is 8.00. The van der Waals surface area contributed by atoms with Crippen LogP contribution in [-0.4, -0.2) is 17.1 Å². The number of rotatable bonds is 2. The van der Waals surface area contributed by atoms with E-state index < -0.39 is 0 Å². The summed E-state index contributed by atoms with van der Waals surface area (Å²) < 4.78 is 0.129. The lowest BCUT2D eigenvalue weighted by Gasteiger charge is -2.40. The highest BCUT2D eigenvalue weighted by Gasteiger charge is 2.35. The van der Waals surface area contributed by atoms with Crippen LogP contribution in [0.2, 0.25) is 0 Å². The van der Waals surface area contributed by atoms with E-state index in [2.05, 4.69) is 49.9 Å². The van der Waals surface area contributed by atoms with Gasteiger partial charge in [0.25, 0.3) is 0 Å². The van der Waals surface area contributed by atoms with Gasteiger partial charge in [-0.3, -0.25) is 4.79 Å². The predicted octanol–water partition coefficient (Wildman–Crippen LogP) is 4.19.